The quantitative estimate of drug-likeness (QED) is 0.903. The number of nitrogens with one attached hydrogen (secondary N) is 1. The van der Waals surface area contributed by atoms with Crippen molar-refractivity contribution < 1.29 is 8.78 Å². The van der Waals surface area contributed by atoms with Crippen LogP contribution in [0, 0.1) is 11.6 Å². The van der Waals surface area contributed by atoms with E-state index in [4.69, 9.17) is 0 Å². The first kappa shape index (κ1) is 12.5. The van der Waals surface area contributed by atoms with E-state index < -0.39 is 11.6 Å². The van der Waals surface area contributed by atoms with Gasteiger partial charge in [-0.2, -0.15) is 5.10 Å². The van der Waals surface area contributed by atoms with Gasteiger partial charge in [0.1, 0.15) is 0 Å². The van der Waals surface area contributed by atoms with Gasteiger partial charge in [0, 0.05) is 24.3 Å². The summed E-state index contributed by atoms with van der Waals surface area (Å²) in [6.45, 7) is 4.26. The van der Waals surface area contributed by atoms with Crippen molar-refractivity contribution in [2.24, 2.45) is 0 Å². The van der Waals surface area contributed by atoms with Crippen LogP contribution in [0.1, 0.15) is 25.5 Å². The first-order valence-electron chi connectivity index (χ1n) is 5.79. The van der Waals surface area contributed by atoms with Crippen molar-refractivity contribution >= 4 is 5.69 Å². The summed E-state index contributed by atoms with van der Waals surface area (Å²) in [6.07, 6.45) is 3.50. The molecular weight excluding hydrogens is 236 g/mol. The monoisotopic (exact) mass is 251 g/mol. The average molecular weight is 251 g/mol. The smallest absolute Gasteiger partial charge is 0.163 e. The van der Waals surface area contributed by atoms with Crippen LogP contribution in [0.3, 0.4) is 0 Å². The molecule has 0 saturated heterocycles. The molecule has 0 fully saturated rings. The van der Waals surface area contributed by atoms with E-state index in [2.05, 4.69) is 10.4 Å². The Bertz CT molecular complexity index is 535. The maximum atomic E-state index is 13.4. The summed E-state index contributed by atoms with van der Waals surface area (Å²) in [5.41, 5.74) is 1.08. The van der Waals surface area contributed by atoms with Crippen LogP contribution in [-0.2, 0) is 6.54 Å². The lowest BCUT2D eigenvalue weighted by Crippen LogP contribution is -2.03. The molecule has 0 amide bonds. The van der Waals surface area contributed by atoms with Crippen LogP contribution in [0.4, 0.5) is 14.5 Å². The summed E-state index contributed by atoms with van der Waals surface area (Å²) < 4.78 is 28.2. The first-order valence-corrected chi connectivity index (χ1v) is 5.79. The Hall–Kier alpha value is -1.91. The van der Waals surface area contributed by atoms with Crippen LogP contribution in [-0.4, -0.2) is 9.78 Å². The third-order valence-corrected chi connectivity index (χ3v) is 2.65. The normalized spacial score (nSPS) is 10.9. The molecule has 1 N–H and O–H groups in total. The van der Waals surface area contributed by atoms with Gasteiger partial charge in [0.15, 0.2) is 11.6 Å². The molecular formula is C13H15F2N3. The molecule has 0 bridgehead atoms. The molecule has 1 aromatic heterocycles. The van der Waals surface area contributed by atoms with E-state index in [0.29, 0.717) is 5.56 Å². The fourth-order valence-corrected chi connectivity index (χ4v) is 1.59. The minimum atomic E-state index is -0.827. The summed E-state index contributed by atoms with van der Waals surface area (Å²) in [7, 11) is 0. The van der Waals surface area contributed by atoms with Crippen LogP contribution < -0.4 is 5.32 Å². The van der Waals surface area contributed by atoms with E-state index in [1.165, 1.54) is 6.07 Å². The Kier molecular flexibility index (Phi) is 3.60. The first-order chi connectivity index (χ1) is 8.58. The highest BCUT2D eigenvalue weighted by molar-refractivity contribution is 5.39. The summed E-state index contributed by atoms with van der Waals surface area (Å²) in [5, 5.41) is 7.17. The van der Waals surface area contributed by atoms with Crippen LogP contribution in [0.5, 0.6) is 0 Å². The molecule has 2 aromatic rings. The number of halogens is 2. The van der Waals surface area contributed by atoms with E-state index in [1.54, 1.807) is 16.9 Å². The summed E-state index contributed by atoms with van der Waals surface area (Å²) in [4.78, 5) is 0. The van der Waals surface area contributed by atoms with Gasteiger partial charge in [0.05, 0.1) is 11.9 Å². The van der Waals surface area contributed by atoms with Crippen LogP contribution in [0.15, 0.2) is 30.6 Å². The highest BCUT2D eigenvalue weighted by atomic mass is 19.2. The zero-order chi connectivity index (χ0) is 13.1. The van der Waals surface area contributed by atoms with E-state index in [1.807, 2.05) is 20.0 Å². The minimum absolute atomic E-state index is 0.230. The maximum Gasteiger partial charge on any atom is 0.163 e. The van der Waals surface area contributed by atoms with Gasteiger partial charge in [-0.1, -0.05) is 12.1 Å². The number of nitrogens with zero attached hydrogens (tertiary/aromatic N) is 2. The number of hydrogen-bond acceptors (Lipinski definition) is 2. The molecule has 1 heterocycles. The number of rotatable bonds is 4. The molecule has 2 rings (SSSR count). The Labute approximate surface area is 104 Å². The maximum absolute atomic E-state index is 13.4. The highest BCUT2D eigenvalue weighted by Crippen LogP contribution is 2.15. The Balaban J connectivity index is 2.04. The fraction of sp³-hybridized carbons (Fsp3) is 0.308. The molecule has 0 saturated carbocycles. The van der Waals surface area contributed by atoms with E-state index in [0.717, 1.165) is 11.8 Å². The lowest BCUT2D eigenvalue weighted by molar-refractivity contribution is 0.500. The van der Waals surface area contributed by atoms with Crippen molar-refractivity contribution in [3.05, 3.63) is 47.8 Å². The van der Waals surface area contributed by atoms with Gasteiger partial charge in [0.25, 0.3) is 0 Å². The lowest BCUT2D eigenvalue weighted by Gasteiger charge is -2.06. The highest BCUT2D eigenvalue weighted by Gasteiger charge is 2.07. The lowest BCUT2D eigenvalue weighted by atomic mass is 10.2. The molecule has 1 aromatic carbocycles. The second-order valence-corrected chi connectivity index (χ2v) is 4.37. The van der Waals surface area contributed by atoms with E-state index >= 15 is 0 Å². The van der Waals surface area contributed by atoms with Crippen LogP contribution in [0.25, 0.3) is 0 Å². The molecule has 0 unspecified atom stereocenters. The summed E-state index contributed by atoms with van der Waals surface area (Å²) >= 11 is 0. The van der Waals surface area contributed by atoms with Gasteiger partial charge in [-0.25, -0.2) is 8.78 Å². The van der Waals surface area contributed by atoms with Crippen molar-refractivity contribution in [2.75, 3.05) is 5.32 Å². The molecule has 0 aliphatic rings. The van der Waals surface area contributed by atoms with Crippen LogP contribution >= 0.6 is 0 Å². The summed E-state index contributed by atoms with van der Waals surface area (Å²) in [6, 6.07) is 4.42. The largest absolute Gasteiger partial charge is 0.378 e. The zero-order valence-corrected chi connectivity index (χ0v) is 10.3. The number of anilines is 1. The predicted molar refractivity (Wildman–Crippen MR) is 66.3 cm³/mol. The van der Waals surface area contributed by atoms with Crippen molar-refractivity contribution in [1.29, 1.82) is 0 Å². The van der Waals surface area contributed by atoms with Gasteiger partial charge >= 0.3 is 0 Å². The zero-order valence-electron chi connectivity index (χ0n) is 10.3. The second-order valence-electron chi connectivity index (χ2n) is 4.37. The molecule has 0 aliphatic carbocycles. The molecule has 18 heavy (non-hydrogen) atoms. The Morgan fingerprint density at radius 1 is 1.33 bits per heavy atom. The molecule has 5 heteroatoms. The third-order valence-electron chi connectivity index (χ3n) is 2.65. The SMILES string of the molecule is CC(C)n1cc(NCc2cccc(F)c2F)cn1. The average Bonchev–Trinajstić information content (AvgIpc) is 2.80. The molecule has 3 nitrogen and oxygen atoms in total. The Morgan fingerprint density at radius 2 is 2.11 bits per heavy atom. The minimum Gasteiger partial charge on any atom is -0.378 e. The van der Waals surface area contributed by atoms with Gasteiger partial charge in [-0.15, -0.1) is 0 Å². The van der Waals surface area contributed by atoms with E-state index in [9.17, 15) is 8.78 Å². The number of aromatic nitrogens is 2. The van der Waals surface area contributed by atoms with Crippen molar-refractivity contribution in [1.82, 2.24) is 9.78 Å². The van der Waals surface area contributed by atoms with Crippen molar-refractivity contribution in [3.63, 3.8) is 0 Å². The van der Waals surface area contributed by atoms with Gasteiger partial charge in [-0.05, 0) is 19.9 Å². The molecule has 0 aliphatic heterocycles. The number of benzene rings is 1. The van der Waals surface area contributed by atoms with Gasteiger partial charge in [-0.3, -0.25) is 4.68 Å². The van der Waals surface area contributed by atoms with E-state index in [-0.39, 0.29) is 12.6 Å². The Morgan fingerprint density at radius 3 is 2.78 bits per heavy atom. The van der Waals surface area contributed by atoms with Gasteiger partial charge < -0.3 is 5.32 Å². The fourth-order valence-electron chi connectivity index (χ4n) is 1.59. The van der Waals surface area contributed by atoms with Crippen molar-refractivity contribution in [2.45, 2.75) is 26.4 Å². The number of hydrogen-bond donors (Lipinski definition) is 1. The third kappa shape index (κ3) is 2.67. The van der Waals surface area contributed by atoms with Gasteiger partial charge in [0.2, 0.25) is 0 Å². The standard InChI is InChI=1S/C13H15F2N3/c1-9(2)18-8-11(7-17-18)16-6-10-4-3-5-12(14)13(10)15/h3-5,7-9,16H,6H2,1-2H3. The topological polar surface area (TPSA) is 29.9 Å². The molecule has 0 atom stereocenters. The second kappa shape index (κ2) is 5.16. The summed E-state index contributed by atoms with van der Waals surface area (Å²) in [5.74, 6) is -1.63. The molecule has 0 spiro atoms. The van der Waals surface area contributed by atoms with Crippen molar-refractivity contribution in [3.8, 4) is 0 Å². The predicted octanol–water partition coefficient (Wildman–Crippen LogP) is 3.35. The molecule has 0 radical (unpaired) electrons. The molecule has 96 valence electrons. The van der Waals surface area contributed by atoms with Crippen LogP contribution in [0.2, 0.25) is 0 Å².